The van der Waals surface area contributed by atoms with Crippen molar-refractivity contribution in [2.45, 2.75) is 19.4 Å². The predicted octanol–water partition coefficient (Wildman–Crippen LogP) is 3.52. The van der Waals surface area contributed by atoms with E-state index in [-0.39, 0.29) is 6.04 Å². The lowest BCUT2D eigenvalue weighted by Crippen LogP contribution is -2.10. The Morgan fingerprint density at radius 1 is 1.16 bits per heavy atom. The number of rotatable bonds is 4. The van der Waals surface area contributed by atoms with Crippen molar-refractivity contribution in [3.05, 3.63) is 54.5 Å². The molecule has 0 aromatic carbocycles. The summed E-state index contributed by atoms with van der Waals surface area (Å²) in [6, 6.07) is 10.4. The van der Waals surface area contributed by atoms with Crippen LogP contribution in [0.3, 0.4) is 0 Å². The summed E-state index contributed by atoms with van der Waals surface area (Å²) in [5, 5.41) is 4.60. The number of hydrogen-bond donors (Lipinski definition) is 2. The summed E-state index contributed by atoms with van der Waals surface area (Å²) < 4.78 is 0. The van der Waals surface area contributed by atoms with Crippen LogP contribution in [0.1, 0.15) is 24.9 Å². The van der Waals surface area contributed by atoms with Crippen LogP contribution in [0.5, 0.6) is 0 Å². The van der Waals surface area contributed by atoms with Gasteiger partial charge in [0.1, 0.15) is 11.5 Å². The van der Waals surface area contributed by atoms with Gasteiger partial charge in [-0.1, -0.05) is 6.92 Å². The number of pyridine rings is 2. The van der Waals surface area contributed by atoms with Gasteiger partial charge in [0.2, 0.25) is 0 Å². The Labute approximate surface area is 111 Å². The summed E-state index contributed by atoms with van der Waals surface area (Å²) in [4.78, 5) is 11.8. The quantitative estimate of drug-likeness (QED) is 0.747. The van der Waals surface area contributed by atoms with Gasteiger partial charge in [-0.15, -0.1) is 0 Å². The van der Waals surface area contributed by atoms with Crippen LogP contribution in [0, 0.1) is 0 Å². The highest BCUT2D eigenvalue weighted by molar-refractivity contribution is 5.77. The van der Waals surface area contributed by atoms with E-state index in [9.17, 15) is 0 Å². The fourth-order valence-corrected chi connectivity index (χ4v) is 2.21. The standard InChI is InChI=1S/C15H16N4/c1-2-13(11-5-8-16-9-6-11)18-14-4-3-12-7-10-17-15(12)19-14/h3-10,13H,2H2,1H3,(H2,17,18,19)/t13-/m0/s1. The fraction of sp³-hybridized carbons (Fsp3) is 0.200. The van der Waals surface area contributed by atoms with Crippen LogP contribution < -0.4 is 5.32 Å². The summed E-state index contributed by atoms with van der Waals surface area (Å²) in [6.45, 7) is 2.16. The first-order valence-electron chi connectivity index (χ1n) is 6.47. The molecule has 3 rings (SSSR count). The summed E-state index contributed by atoms with van der Waals surface area (Å²) in [7, 11) is 0. The van der Waals surface area contributed by atoms with Crippen LogP contribution in [0.25, 0.3) is 11.0 Å². The van der Waals surface area contributed by atoms with Gasteiger partial charge in [-0.2, -0.15) is 0 Å². The van der Waals surface area contributed by atoms with Crippen molar-refractivity contribution in [2.24, 2.45) is 0 Å². The SMILES string of the molecule is CC[C@H](Nc1ccc2cc[nH]c2n1)c1ccncc1. The fourth-order valence-electron chi connectivity index (χ4n) is 2.21. The van der Waals surface area contributed by atoms with Crippen LogP contribution in [-0.4, -0.2) is 15.0 Å². The number of aromatic amines is 1. The van der Waals surface area contributed by atoms with Gasteiger partial charge < -0.3 is 10.3 Å². The first-order chi connectivity index (χ1) is 9.36. The topological polar surface area (TPSA) is 53.6 Å². The molecule has 0 saturated heterocycles. The lowest BCUT2D eigenvalue weighted by molar-refractivity contribution is 0.743. The van der Waals surface area contributed by atoms with Gasteiger partial charge in [-0.25, -0.2) is 4.98 Å². The first kappa shape index (κ1) is 11.7. The molecule has 0 fully saturated rings. The molecule has 2 N–H and O–H groups in total. The molecule has 0 bridgehead atoms. The van der Waals surface area contributed by atoms with Crippen molar-refractivity contribution in [1.82, 2.24) is 15.0 Å². The van der Waals surface area contributed by atoms with Crippen molar-refractivity contribution in [2.75, 3.05) is 5.32 Å². The molecule has 96 valence electrons. The van der Waals surface area contributed by atoms with Crippen molar-refractivity contribution in [3.8, 4) is 0 Å². The Morgan fingerprint density at radius 3 is 2.79 bits per heavy atom. The minimum atomic E-state index is 0.253. The number of nitrogens with one attached hydrogen (secondary N) is 2. The van der Waals surface area contributed by atoms with Crippen molar-refractivity contribution in [1.29, 1.82) is 0 Å². The van der Waals surface area contributed by atoms with Gasteiger partial charge in [-0.05, 0) is 42.3 Å². The van der Waals surface area contributed by atoms with Crippen LogP contribution in [0.4, 0.5) is 5.82 Å². The molecule has 4 heteroatoms. The Bertz CT molecular complexity index is 660. The van der Waals surface area contributed by atoms with E-state index >= 15 is 0 Å². The highest BCUT2D eigenvalue weighted by Crippen LogP contribution is 2.22. The Balaban J connectivity index is 1.86. The van der Waals surface area contributed by atoms with Gasteiger partial charge in [0, 0.05) is 24.0 Å². The molecule has 0 saturated carbocycles. The van der Waals surface area contributed by atoms with E-state index in [1.54, 1.807) is 0 Å². The van der Waals surface area contributed by atoms with Gasteiger partial charge in [-0.3, -0.25) is 4.98 Å². The minimum Gasteiger partial charge on any atom is -0.363 e. The average Bonchev–Trinajstić information content (AvgIpc) is 2.93. The predicted molar refractivity (Wildman–Crippen MR) is 77.0 cm³/mol. The summed E-state index contributed by atoms with van der Waals surface area (Å²) in [5.74, 6) is 0.888. The normalized spacial score (nSPS) is 12.5. The van der Waals surface area contributed by atoms with Crippen molar-refractivity contribution >= 4 is 16.9 Å². The minimum absolute atomic E-state index is 0.253. The van der Waals surface area contributed by atoms with E-state index in [1.165, 1.54) is 5.56 Å². The second kappa shape index (κ2) is 5.10. The molecule has 4 nitrogen and oxygen atoms in total. The number of anilines is 1. The van der Waals surface area contributed by atoms with Gasteiger partial charge >= 0.3 is 0 Å². The molecule has 0 amide bonds. The second-order valence-corrected chi connectivity index (χ2v) is 4.50. The lowest BCUT2D eigenvalue weighted by atomic mass is 10.1. The van der Waals surface area contributed by atoms with Gasteiger partial charge in [0.25, 0.3) is 0 Å². The Morgan fingerprint density at radius 2 is 2.00 bits per heavy atom. The maximum Gasteiger partial charge on any atom is 0.139 e. The third kappa shape index (κ3) is 2.42. The summed E-state index contributed by atoms with van der Waals surface area (Å²) >= 11 is 0. The highest BCUT2D eigenvalue weighted by Gasteiger charge is 2.09. The van der Waals surface area contributed by atoms with Crippen molar-refractivity contribution in [3.63, 3.8) is 0 Å². The maximum atomic E-state index is 4.57. The molecule has 3 aromatic rings. The highest BCUT2D eigenvalue weighted by atomic mass is 15.0. The number of hydrogen-bond acceptors (Lipinski definition) is 3. The molecule has 3 aromatic heterocycles. The number of H-pyrrole nitrogens is 1. The van der Waals surface area contributed by atoms with E-state index in [2.05, 4.69) is 33.3 Å². The second-order valence-electron chi connectivity index (χ2n) is 4.50. The lowest BCUT2D eigenvalue weighted by Gasteiger charge is -2.17. The molecule has 0 unspecified atom stereocenters. The van der Waals surface area contributed by atoms with Crippen molar-refractivity contribution < 1.29 is 0 Å². The zero-order valence-electron chi connectivity index (χ0n) is 10.8. The zero-order valence-corrected chi connectivity index (χ0v) is 10.8. The summed E-state index contributed by atoms with van der Waals surface area (Å²) in [5.41, 5.74) is 2.14. The smallest absolute Gasteiger partial charge is 0.139 e. The number of aromatic nitrogens is 3. The van der Waals surface area contributed by atoms with E-state index in [1.807, 2.05) is 42.9 Å². The van der Waals surface area contributed by atoms with Gasteiger partial charge in [0.05, 0.1) is 6.04 Å². The number of nitrogens with zero attached hydrogens (tertiary/aromatic N) is 2. The van der Waals surface area contributed by atoms with E-state index < -0.39 is 0 Å². The monoisotopic (exact) mass is 252 g/mol. The molecule has 0 spiro atoms. The molecule has 19 heavy (non-hydrogen) atoms. The molecule has 3 heterocycles. The average molecular weight is 252 g/mol. The maximum absolute atomic E-state index is 4.57. The van der Waals surface area contributed by atoms with Gasteiger partial charge in [0.15, 0.2) is 0 Å². The van der Waals surface area contributed by atoms with E-state index in [0.717, 1.165) is 23.3 Å². The van der Waals surface area contributed by atoms with E-state index in [4.69, 9.17) is 0 Å². The molecule has 0 aliphatic rings. The van der Waals surface area contributed by atoms with Crippen LogP contribution in [0.15, 0.2) is 48.9 Å². The zero-order chi connectivity index (χ0) is 13.1. The third-order valence-corrected chi connectivity index (χ3v) is 3.25. The number of fused-ring (bicyclic) bond motifs is 1. The first-order valence-corrected chi connectivity index (χ1v) is 6.47. The van der Waals surface area contributed by atoms with Crippen LogP contribution >= 0.6 is 0 Å². The van der Waals surface area contributed by atoms with Crippen LogP contribution in [-0.2, 0) is 0 Å². The Kier molecular flexibility index (Phi) is 3.14. The van der Waals surface area contributed by atoms with Crippen LogP contribution in [0.2, 0.25) is 0 Å². The third-order valence-electron chi connectivity index (χ3n) is 3.25. The Hall–Kier alpha value is -2.36. The molecule has 1 atom stereocenters. The molecule has 0 aliphatic heterocycles. The molecule has 0 aliphatic carbocycles. The summed E-state index contributed by atoms with van der Waals surface area (Å²) in [6.07, 6.45) is 6.54. The largest absolute Gasteiger partial charge is 0.363 e. The molecular formula is C15H16N4. The molecule has 0 radical (unpaired) electrons. The van der Waals surface area contributed by atoms with E-state index in [0.29, 0.717) is 0 Å². The molecular weight excluding hydrogens is 236 g/mol.